The van der Waals surface area contributed by atoms with Crippen LogP contribution in [0.5, 0.6) is 0 Å². The smallest absolute Gasteiger partial charge is 0.223 e. The number of carbonyl (C=O) groups excluding carboxylic acids is 1. The van der Waals surface area contributed by atoms with Gasteiger partial charge in [-0.25, -0.2) is 0 Å². The normalized spacial score (nSPS) is 21.6. The molecule has 0 spiro atoms. The first kappa shape index (κ1) is 10.0. The summed E-state index contributed by atoms with van der Waals surface area (Å²) >= 11 is 0. The van der Waals surface area contributed by atoms with E-state index in [2.05, 4.69) is 18.8 Å². The van der Waals surface area contributed by atoms with Gasteiger partial charge in [-0.3, -0.25) is 4.79 Å². The summed E-state index contributed by atoms with van der Waals surface area (Å²) in [5, 5.41) is 2.91. The number of hydrogen-bond acceptors (Lipinski definition) is 1. The van der Waals surface area contributed by atoms with Crippen LogP contribution in [0.3, 0.4) is 0 Å². The molecule has 0 radical (unpaired) electrons. The van der Waals surface area contributed by atoms with E-state index in [0.717, 1.165) is 31.4 Å². The third-order valence-corrected chi connectivity index (χ3v) is 2.20. The van der Waals surface area contributed by atoms with E-state index in [1.807, 2.05) is 12.2 Å². The average Bonchev–Trinajstić information content (AvgIpc) is 2.14. The van der Waals surface area contributed by atoms with Gasteiger partial charge in [0.1, 0.15) is 0 Å². The number of rotatable bonds is 3. The summed E-state index contributed by atoms with van der Waals surface area (Å²) in [5.74, 6) is 0.288. The summed E-state index contributed by atoms with van der Waals surface area (Å²) in [6, 6.07) is 0. The average molecular weight is 179 g/mol. The van der Waals surface area contributed by atoms with Gasteiger partial charge in [-0.05, 0) is 19.3 Å². The van der Waals surface area contributed by atoms with Crippen LogP contribution in [-0.2, 0) is 4.79 Å². The van der Waals surface area contributed by atoms with Crippen molar-refractivity contribution in [3.8, 4) is 0 Å². The predicted molar refractivity (Wildman–Crippen MR) is 54.3 cm³/mol. The van der Waals surface area contributed by atoms with Gasteiger partial charge in [-0.15, -0.1) is 0 Å². The molecule has 1 atom stereocenters. The summed E-state index contributed by atoms with van der Waals surface area (Å²) in [7, 11) is 0. The van der Waals surface area contributed by atoms with E-state index in [9.17, 15) is 4.79 Å². The van der Waals surface area contributed by atoms with E-state index in [1.165, 1.54) is 0 Å². The molecule has 0 fully saturated rings. The molecular formula is C11H17NO. The van der Waals surface area contributed by atoms with Crippen molar-refractivity contribution < 1.29 is 4.79 Å². The molecule has 2 heteroatoms. The van der Waals surface area contributed by atoms with Crippen molar-refractivity contribution in [1.29, 1.82) is 0 Å². The summed E-state index contributed by atoms with van der Waals surface area (Å²) < 4.78 is 0. The zero-order valence-corrected chi connectivity index (χ0v) is 8.18. The fourth-order valence-electron chi connectivity index (χ4n) is 1.46. The molecule has 0 saturated heterocycles. The van der Waals surface area contributed by atoms with Crippen LogP contribution in [-0.4, -0.2) is 12.5 Å². The summed E-state index contributed by atoms with van der Waals surface area (Å²) in [6.07, 6.45) is 6.70. The topological polar surface area (TPSA) is 29.1 Å². The first-order chi connectivity index (χ1) is 6.24. The van der Waals surface area contributed by atoms with E-state index in [4.69, 9.17) is 0 Å². The Morgan fingerprint density at radius 1 is 1.77 bits per heavy atom. The summed E-state index contributed by atoms with van der Waals surface area (Å²) in [6.45, 7) is 6.70. The molecule has 0 bridgehead atoms. The molecule has 1 rings (SSSR count). The van der Waals surface area contributed by atoms with Crippen LogP contribution in [0.1, 0.15) is 26.2 Å². The Kier molecular flexibility index (Phi) is 3.74. The van der Waals surface area contributed by atoms with Crippen LogP contribution >= 0.6 is 0 Å². The lowest BCUT2D eigenvalue weighted by Gasteiger charge is -2.18. The molecule has 1 N–H and O–H groups in total. The second-order valence-electron chi connectivity index (χ2n) is 3.49. The van der Waals surface area contributed by atoms with E-state index in [0.29, 0.717) is 0 Å². The van der Waals surface area contributed by atoms with Gasteiger partial charge >= 0.3 is 0 Å². The Morgan fingerprint density at radius 2 is 2.54 bits per heavy atom. The monoisotopic (exact) mass is 179 g/mol. The molecule has 1 aliphatic carbocycles. The van der Waals surface area contributed by atoms with Crippen molar-refractivity contribution in [3.05, 3.63) is 24.3 Å². The molecule has 1 aliphatic rings. The minimum absolute atomic E-state index is 0.115. The van der Waals surface area contributed by atoms with Gasteiger partial charge in [0.25, 0.3) is 0 Å². The fourth-order valence-corrected chi connectivity index (χ4v) is 1.46. The molecule has 0 aromatic heterocycles. The van der Waals surface area contributed by atoms with Crippen molar-refractivity contribution in [3.63, 3.8) is 0 Å². The van der Waals surface area contributed by atoms with Gasteiger partial charge in [0, 0.05) is 12.5 Å². The Labute approximate surface area is 79.7 Å². The van der Waals surface area contributed by atoms with Crippen LogP contribution in [0, 0.1) is 5.92 Å². The fraction of sp³-hybridized carbons (Fsp3) is 0.545. The lowest BCUT2D eigenvalue weighted by molar-refractivity contribution is -0.124. The predicted octanol–water partition coefficient (Wildman–Crippen LogP) is 2.04. The minimum atomic E-state index is 0.115. The second-order valence-corrected chi connectivity index (χ2v) is 3.49. The van der Waals surface area contributed by atoms with Gasteiger partial charge in [-0.2, -0.15) is 0 Å². The number of amides is 1. The molecule has 1 unspecified atom stereocenters. The quantitative estimate of drug-likeness (QED) is 0.705. The molecule has 0 heterocycles. The minimum Gasteiger partial charge on any atom is -0.356 e. The van der Waals surface area contributed by atoms with Gasteiger partial charge in [0.2, 0.25) is 5.91 Å². The maximum Gasteiger partial charge on any atom is 0.223 e. The van der Waals surface area contributed by atoms with Crippen LogP contribution in [0.15, 0.2) is 24.3 Å². The maximum absolute atomic E-state index is 11.5. The number of hydrogen-bond donors (Lipinski definition) is 1. The highest BCUT2D eigenvalue weighted by Gasteiger charge is 2.19. The molecule has 2 nitrogen and oxygen atoms in total. The SMILES string of the molecule is C=C1C=CCC(C(=O)NCCC)C1. The van der Waals surface area contributed by atoms with Gasteiger partial charge in [-0.1, -0.05) is 31.2 Å². The largest absolute Gasteiger partial charge is 0.356 e. The highest BCUT2D eigenvalue weighted by Crippen LogP contribution is 2.21. The number of nitrogens with one attached hydrogen (secondary N) is 1. The summed E-state index contributed by atoms with van der Waals surface area (Å²) in [5.41, 5.74) is 1.06. The Bertz CT molecular complexity index is 230. The van der Waals surface area contributed by atoms with E-state index >= 15 is 0 Å². The Balaban J connectivity index is 2.39. The maximum atomic E-state index is 11.5. The van der Waals surface area contributed by atoms with Crippen molar-refractivity contribution >= 4 is 5.91 Å². The lowest BCUT2D eigenvalue weighted by Crippen LogP contribution is -2.31. The molecule has 13 heavy (non-hydrogen) atoms. The molecular weight excluding hydrogens is 162 g/mol. The Hall–Kier alpha value is -1.05. The lowest BCUT2D eigenvalue weighted by atomic mass is 9.91. The van der Waals surface area contributed by atoms with Crippen LogP contribution in [0.4, 0.5) is 0 Å². The zero-order chi connectivity index (χ0) is 9.68. The first-order valence-electron chi connectivity index (χ1n) is 4.86. The summed E-state index contributed by atoms with van der Waals surface area (Å²) in [4.78, 5) is 11.5. The molecule has 0 saturated carbocycles. The van der Waals surface area contributed by atoms with Gasteiger partial charge < -0.3 is 5.32 Å². The van der Waals surface area contributed by atoms with Gasteiger partial charge in [0.05, 0.1) is 0 Å². The zero-order valence-electron chi connectivity index (χ0n) is 8.18. The third kappa shape index (κ3) is 3.05. The molecule has 0 aromatic rings. The molecule has 1 amide bonds. The van der Waals surface area contributed by atoms with Crippen molar-refractivity contribution in [2.24, 2.45) is 5.92 Å². The third-order valence-electron chi connectivity index (χ3n) is 2.20. The first-order valence-corrected chi connectivity index (χ1v) is 4.86. The highest BCUT2D eigenvalue weighted by molar-refractivity contribution is 5.79. The van der Waals surface area contributed by atoms with Crippen molar-refractivity contribution in [2.45, 2.75) is 26.2 Å². The standard InChI is InChI=1S/C11H17NO/c1-3-7-12-11(13)10-6-4-5-9(2)8-10/h4-5,10H,2-3,6-8H2,1H3,(H,12,13). The van der Waals surface area contributed by atoms with Crippen LogP contribution < -0.4 is 5.32 Å². The van der Waals surface area contributed by atoms with Crippen molar-refractivity contribution in [2.75, 3.05) is 6.54 Å². The van der Waals surface area contributed by atoms with E-state index < -0.39 is 0 Å². The number of carbonyl (C=O) groups is 1. The molecule has 0 aromatic carbocycles. The van der Waals surface area contributed by atoms with Crippen LogP contribution in [0.2, 0.25) is 0 Å². The van der Waals surface area contributed by atoms with Crippen LogP contribution in [0.25, 0.3) is 0 Å². The highest BCUT2D eigenvalue weighted by atomic mass is 16.1. The second kappa shape index (κ2) is 4.85. The van der Waals surface area contributed by atoms with Gasteiger partial charge in [0.15, 0.2) is 0 Å². The van der Waals surface area contributed by atoms with Crippen molar-refractivity contribution in [1.82, 2.24) is 5.32 Å². The molecule has 0 aliphatic heterocycles. The molecule has 72 valence electrons. The Morgan fingerprint density at radius 3 is 3.15 bits per heavy atom. The van der Waals surface area contributed by atoms with E-state index in [1.54, 1.807) is 0 Å². The van der Waals surface area contributed by atoms with E-state index in [-0.39, 0.29) is 11.8 Å². The number of allylic oxidation sites excluding steroid dienone is 3.